The molecule has 5 nitrogen and oxygen atoms in total. The van der Waals surface area contributed by atoms with Gasteiger partial charge in [-0.25, -0.2) is 0 Å². The number of nitrogens with one attached hydrogen (secondary N) is 2. The molecule has 2 amide bonds. The number of carbonyl (C=O) groups is 2. The Kier molecular flexibility index (Phi) is 3.92. The number of para-hydroxylation sites is 1. The predicted molar refractivity (Wildman–Crippen MR) is 78.5 cm³/mol. The predicted octanol–water partition coefficient (Wildman–Crippen LogP) is 1.29. The second-order valence-electron chi connectivity index (χ2n) is 5.89. The number of aliphatic hydroxyl groups excluding tert-OH is 1. The molecule has 4 unspecified atom stereocenters. The van der Waals surface area contributed by atoms with Crippen LogP contribution in [0.2, 0.25) is 0 Å². The van der Waals surface area contributed by atoms with Gasteiger partial charge in [0.2, 0.25) is 11.8 Å². The lowest BCUT2D eigenvalue weighted by atomic mass is 9.73. The van der Waals surface area contributed by atoms with Gasteiger partial charge in [-0.3, -0.25) is 9.59 Å². The van der Waals surface area contributed by atoms with Crippen LogP contribution >= 0.6 is 0 Å². The van der Waals surface area contributed by atoms with Crippen molar-refractivity contribution in [3.05, 3.63) is 30.3 Å². The van der Waals surface area contributed by atoms with Gasteiger partial charge in [0, 0.05) is 17.6 Å². The van der Waals surface area contributed by atoms with E-state index < -0.39 is 17.9 Å². The van der Waals surface area contributed by atoms with Crippen molar-refractivity contribution in [3.8, 4) is 0 Å². The average molecular weight is 288 g/mol. The van der Waals surface area contributed by atoms with E-state index in [1.807, 2.05) is 18.2 Å². The van der Waals surface area contributed by atoms with Gasteiger partial charge >= 0.3 is 0 Å². The van der Waals surface area contributed by atoms with E-state index in [0.29, 0.717) is 5.69 Å². The topological polar surface area (TPSA) is 78.4 Å². The molecule has 21 heavy (non-hydrogen) atoms. The van der Waals surface area contributed by atoms with E-state index in [-0.39, 0.29) is 17.9 Å². The fraction of sp³-hybridized carbons (Fsp3) is 0.500. The molecule has 3 rings (SSSR count). The molecule has 0 aromatic heterocycles. The van der Waals surface area contributed by atoms with Crippen LogP contribution < -0.4 is 10.6 Å². The Bertz CT molecular complexity index is 532. The van der Waals surface area contributed by atoms with Crippen molar-refractivity contribution in [1.29, 1.82) is 0 Å². The van der Waals surface area contributed by atoms with Gasteiger partial charge in [0.15, 0.2) is 0 Å². The molecule has 5 heteroatoms. The van der Waals surface area contributed by atoms with E-state index in [4.69, 9.17) is 0 Å². The first-order valence-electron chi connectivity index (χ1n) is 7.51. The zero-order valence-corrected chi connectivity index (χ0v) is 11.8. The lowest BCUT2D eigenvalue weighted by Crippen LogP contribution is -2.60. The second-order valence-corrected chi connectivity index (χ2v) is 5.89. The van der Waals surface area contributed by atoms with Crippen LogP contribution in [0.3, 0.4) is 0 Å². The average Bonchev–Trinajstić information content (AvgIpc) is 2.48. The monoisotopic (exact) mass is 288 g/mol. The van der Waals surface area contributed by atoms with Crippen LogP contribution in [-0.4, -0.2) is 29.1 Å². The van der Waals surface area contributed by atoms with E-state index in [1.165, 1.54) is 0 Å². The van der Waals surface area contributed by atoms with Gasteiger partial charge in [-0.15, -0.1) is 0 Å². The van der Waals surface area contributed by atoms with Crippen LogP contribution in [-0.2, 0) is 9.59 Å². The molecule has 1 saturated carbocycles. The van der Waals surface area contributed by atoms with Gasteiger partial charge in [0.25, 0.3) is 0 Å². The van der Waals surface area contributed by atoms with Gasteiger partial charge < -0.3 is 15.7 Å². The van der Waals surface area contributed by atoms with Gasteiger partial charge in [-0.05, 0) is 25.0 Å². The summed E-state index contributed by atoms with van der Waals surface area (Å²) in [4.78, 5) is 24.5. The maximum Gasteiger partial charge on any atom is 0.239 e. The lowest BCUT2D eigenvalue weighted by molar-refractivity contribution is -0.146. The number of anilines is 1. The van der Waals surface area contributed by atoms with Crippen molar-refractivity contribution in [1.82, 2.24) is 5.32 Å². The number of hydrogen-bond acceptors (Lipinski definition) is 3. The summed E-state index contributed by atoms with van der Waals surface area (Å²) in [6.07, 6.45) is 2.96. The molecule has 4 atom stereocenters. The number of amides is 2. The van der Waals surface area contributed by atoms with Gasteiger partial charge in [0.1, 0.15) is 5.92 Å². The minimum Gasteiger partial charge on any atom is -0.391 e. The highest BCUT2D eigenvalue weighted by atomic mass is 16.3. The highest BCUT2D eigenvalue weighted by Crippen LogP contribution is 2.34. The molecule has 1 saturated heterocycles. The first kappa shape index (κ1) is 14.1. The van der Waals surface area contributed by atoms with Crippen LogP contribution in [0.15, 0.2) is 30.3 Å². The number of aliphatic hydroxyl groups is 1. The Morgan fingerprint density at radius 3 is 2.67 bits per heavy atom. The molecular formula is C16H20N2O3. The summed E-state index contributed by atoms with van der Waals surface area (Å²) >= 11 is 0. The normalized spacial score (nSPS) is 32.0. The minimum absolute atomic E-state index is 0.0111. The molecule has 0 bridgehead atoms. The third-order valence-electron chi connectivity index (χ3n) is 4.53. The number of rotatable bonds is 2. The van der Waals surface area contributed by atoms with Crippen molar-refractivity contribution in [2.24, 2.45) is 11.8 Å². The number of benzene rings is 1. The number of hydrogen-bond donors (Lipinski definition) is 3. The molecule has 1 aliphatic carbocycles. The SMILES string of the molecule is O=C(Nc1ccccc1)C1C(=O)NC2CCCCC2C1O. The van der Waals surface area contributed by atoms with Crippen molar-refractivity contribution in [2.45, 2.75) is 37.8 Å². The largest absolute Gasteiger partial charge is 0.391 e. The van der Waals surface area contributed by atoms with E-state index in [9.17, 15) is 14.7 Å². The Morgan fingerprint density at radius 2 is 1.90 bits per heavy atom. The van der Waals surface area contributed by atoms with Crippen molar-refractivity contribution in [3.63, 3.8) is 0 Å². The molecule has 3 N–H and O–H groups in total. The quantitative estimate of drug-likeness (QED) is 0.718. The molecule has 2 fully saturated rings. The van der Waals surface area contributed by atoms with E-state index in [2.05, 4.69) is 10.6 Å². The van der Waals surface area contributed by atoms with Crippen molar-refractivity contribution >= 4 is 17.5 Å². The number of fused-ring (bicyclic) bond motifs is 1. The summed E-state index contributed by atoms with van der Waals surface area (Å²) in [6, 6.07) is 9.00. The van der Waals surface area contributed by atoms with Crippen LogP contribution in [0, 0.1) is 11.8 Å². The zero-order valence-electron chi connectivity index (χ0n) is 11.8. The summed E-state index contributed by atoms with van der Waals surface area (Å²) in [5.74, 6) is -1.83. The summed E-state index contributed by atoms with van der Waals surface area (Å²) in [5, 5.41) is 16.1. The van der Waals surface area contributed by atoms with Crippen LogP contribution in [0.5, 0.6) is 0 Å². The van der Waals surface area contributed by atoms with Gasteiger partial charge in [0.05, 0.1) is 6.10 Å². The first-order valence-corrected chi connectivity index (χ1v) is 7.51. The molecule has 0 radical (unpaired) electrons. The Labute approximate surface area is 123 Å². The zero-order chi connectivity index (χ0) is 14.8. The van der Waals surface area contributed by atoms with Crippen molar-refractivity contribution in [2.75, 3.05) is 5.32 Å². The van der Waals surface area contributed by atoms with E-state index >= 15 is 0 Å². The summed E-state index contributed by atoms with van der Waals surface area (Å²) in [6.45, 7) is 0. The molecule has 1 aliphatic heterocycles. The van der Waals surface area contributed by atoms with Gasteiger partial charge in [-0.2, -0.15) is 0 Å². The molecule has 2 aliphatic rings. The smallest absolute Gasteiger partial charge is 0.239 e. The van der Waals surface area contributed by atoms with E-state index in [0.717, 1.165) is 25.7 Å². The minimum atomic E-state index is -1.02. The summed E-state index contributed by atoms with van der Waals surface area (Å²) < 4.78 is 0. The first-order chi connectivity index (χ1) is 10.2. The highest BCUT2D eigenvalue weighted by molar-refractivity contribution is 6.07. The van der Waals surface area contributed by atoms with Crippen LogP contribution in [0.1, 0.15) is 25.7 Å². The fourth-order valence-corrected chi connectivity index (χ4v) is 3.44. The second kappa shape index (κ2) is 5.85. The van der Waals surface area contributed by atoms with Crippen molar-refractivity contribution < 1.29 is 14.7 Å². The molecule has 1 aromatic rings. The lowest BCUT2D eigenvalue weighted by Gasteiger charge is -2.42. The number of carbonyl (C=O) groups excluding carboxylic acids is 2. The molecule has 1 aromatic carbocycles. The van der Waals surface area contributed by atoms with Crippen LogP contribution in [0.4, 0.5) is 5.69 Å². The maximum atomic E-state index is 12.3. The third kappa shape index (κ3) is 2.78. The summed E-state index contributed by atoms with van der Waals surface area (Å²) in [7, 11) is 0. The number of piperidine rings is 1. The fourth-order valence-electron chi connectivity index (χ4n) is 3.44. The highest BCUT2D eigenvalue weighted by Gasteiger charge is 2.47. The maximum absolute atomic E-state index is 12.3. The third-order valence-corrected chi connectivity index (χ3v) is 4.53. The summed E-state index contributed by atoms with van der Waals surface area (Å²) in [5.41, 5.74) is 0.633. The molecular weight excluding hydrogens is 268 g/mol. The molecule has 0 spiro atoms. The molecule has 1 heterocycles. The standard InChI is InChI=1S/C16H20N2O3/c19-14-11-8-4-5-9-12(11)18-16(21)13(14)15(20)17-10-6-2-1-3-7-10/h1-3,6-7,11-14,19H,4-5,8-9H2,(H,17,20)(H,18,21). The Balaban J connectivity index is 1.74. The van der Waals surface area contributed by atoms with Gasteiger partial charge in [-0.1, -0.05) is 31.0 Å². The van der Waals surface area contributed by atoms with Crippen LogP contribution in [0.25, 0.3) is 0 Å². The van der Waals surface area contributed by atoms with E-state index in [1.54, 1.807) is 12.1 Å². The Hall–Kier alpha value is -1.88. The molecule has 112 valence electrons. The Morgan fingerprint density at radius 1 is 1.19 bits per heavy atom.